The maximum absolute atomic E-state index is 12.4. The second kappa shape index (κ2) is 9.55. The number of nitrogens with one attached hydrogen (secondary N) is 1. The number of rotatable bonds is 8. The van der Waals surface area contributed by atoms with Crippen LogP contribution in [0.4, 0.5) is 5.69 Å². The Morgan fingerprint density at radius 3 is 2.16 bits per heavy atom. The van der Waals surface area contributed by atoms with Crippen LogP contribution in [0.25, 0.3) is 0 Å². The Kier molecular flexibility index (Phi) is 6.84. The third-order valence-corrected chi connectivity index (χ3v) is 6.23. The molecule has 3 aromatic carbocycles. The number of benzene rings is 3. The van der Waals surface area contributed by atoms with Gasteiger partial charge in [0.2, 0.25) is 10.0 Å². The van der Waals surface area contributed by atoms with Crippen LogP contribution in [0.2, 0.25) is 0 Å². The number of hydrogen-bond acceptors (Lipinski definition) is 5. The number of ether oxygens (including phenoxy) is 1. The minimum absolute atomic E-state index is 0.0786. The molecule has 0 aromatic heterocycles. The molecule has 0 unspecified atom stereocenters. The van der Waals surface area contributed by atoms with Gasteiger partial charge in [0.15, 0.2) is 12.4 Å². The molecule has 0 fully saturated rings. The van der Waals surface area contributed by atoms with Gasteiger partial charge in [0, 0.05) is 30.9 Å². The first-order chi connectivity index (χ1) is 14.8. The second-order valence-corrected chi connectivity index (χ2v) is 9.02. The van der Waals surface area contributed by atoms with Gasteiger partial charge in [0.25, 0.3) is 5.91 Å². The van der Waals surface area contributed by atoms with Crippen molar-refractivity contribution in [3.05, 3.63) is 90.0 Å². The Morgan fingerprint density at radius 1 is 0.871 bits per heavy atom. The monoisotopic (exact) mass is 438 g/mol. The molecule has 1 amide bonds. The lowest BCUT2D eigenvalue weighted by Crippen LogP contribution is -2.23. The molecule has 3 rings (SSSR count). The molecule has 0 aliphatic rings. The van der Waals surface area contributed by atoms with Crippen LogP contribution in [0.15, 0.2) is 83.8 Å². The molecule has 0 bridgehead atoms. The third-order valence-electron chi connectivity index (χ3n) is 4.42. The van der Waals surface area contributed by atoms with Crippen LogP contribution >= 0.6 is 0 Å². The summed E-state index contributed by atoms with van der Waals surface area (Å²) < 4.78 is 31.0. The van der Waals surface area contributed by atoms with Crippen molar-refractivity contribution in [2.75, 3.05) is 26.0 Å². The molecular formula is C23H22N2O5S. The molecule has 1 N–H and O–H groups in total. The van der Waals surface area contributed by atoms with Crippen molar-refractivity contribution < 1.29 is 22.7 Å². The van der Waals surface area contributed by atoms with E-state index in [0.29, 0.717) is 22.6 Å². The zero-order valence-electron chi connectivity index (χ0n) is 17.1. The topological polar surface area (TPSA) is 92.8 Å². The van der Waals surface area contributed by atoms with Crippen molar-refractivity contribution in [1.82, 2.24) is 4.31 Å². The first-order valence-electron chi connectivity index (χ1n) is 9.42. The molecule has 0 atom stereocenters. The Morgan fingerprint density at radius 2 is 1.52 bits per heavy atom. The molecule has 0 radical (unpaired) electrons. The van der Waals surface area contributed by atoms with Gasteiger partial charge in [0.1, 0.15) is 5.75 Å². The molecule has 8 heteroatoms. The summed E-state index contributed by atoms with van der Waals surface area (Å²) in [4.78, 5) is 24.7. The average Bonchev–Trinajstić information content (AvgIpc) is 2.78. The lowest BCUT2D eigenvalue weighted by molar-refractivity contribution is -0.118. The summed E-state index contributed by atoms with van der Waals surface area (Å²) in [6.45, 7) is -0.267. The van der Waals surface area contributed by atoms with E-state index >= 15 is 0 Å². The number of sulfonamides is 1. The van der Waals surface area contributed by atoms with E-state index in [1.807, 2.05) is 6.07 Å². The summed E-state index contributed by atoms with van der Waals surface area (Å²) in [5.74, 6) is -0.106. The van der Waals surface area contributed by atoms with Crippen LogP contribution in [-0.4, -0.2) is 45.1 Å². The van der Waals surface area contributed by atoms with Crippen molar-refractivity contribution in [3.8, 4) is 5.75 Å². The fourth-order valence-electron chi connectivity index (χ4n) is 2.75. The fourth-order valence-corrected chi connectivity index (χ4v) is 3.70. The van der Waals surface area contributed by atoms with E-state index in [2.05, 4.69) is 5.32 Å². The summed E-state index contributed by atoms with van der Waals surface area (Å²) in [5.41, 5.74) is 1.45. The van der Waals surface area contributed by atoms with Crippen LogP contribution in [0.3, 0.4) is 0 Å². The van der Waals surface area contributed by atoms with Crippen LogP contribution in [-0.2, 0) is 14.8 Å². The largest absolute Gasteiger partial charge is 0.484 e. The molecule has 0 saturated heterocycles. The van der Waals surface area contributed by atoms with Crippen molar-refractivity contribution in [1.29, 1.82) is 0 Å². The second-order valence-electron chi connectivity index (χ2n) is 6.87. The summed E-state index contributed by atoms with van der Waals surface area (Å²) in [7, 11) is -0.723. The Bertz CT molecular complexity index is 1170. The molecule has 7 nitrogen and oxygen atoms in total. The smallest absolute Gasteiger partial charge is 0.262 e. The summed E-state index contributed by atoms with van der Waals surface area (Å²) in [6.07, 6.45) is 0. The first-order valence-corrected chi connectivity index (χ1v) is 10.9. The Balaban J connectivity index is 1.58. The summed E-state index contributed by atoms with van der Waals surface area (Å²) >= 11 is 0. The molecule has 0 aliphatic heterocycles. The normalized spacial score (nSPS) is 11.2. The van der Waals surface area contributed by atoms with Gasteiger partial charge in [-0.1, -0.05) is 36.4 Å². The van der Waals surface area contributed by atoms with E-state index in [9.17, 15) is 18.0 Å². The maximum atomic E-state index is 12.4. The number of nitrogens with zero attached hydrogens (tertiary/aromatic N) is 1. The van der Waals surface area contributed by atoms with Crippen molar-refractivity contribution in [3.63, 3.8) is 0 Å². The minimum atomic E-state index is -3.60. The standard InChI is InChI=1S/C23H22N2O5S/c1-25(2)31(28,29)21-10-6-9-19(15-21)24-22(26)16-30-20-13-11-18(12-14-20)23(27)17-7-4-3-5-8-17/h3-15H,16H2,1-2H3,(H,24,26). The number of amides is 1. The third kappa shape index (κ3) is 5.56. The van der Waals surface area contributed by atoms with E-state index in [1.54, 1.807) is 60.7 Å². The average molecular weight is 439 g/mol. The highest BCUT2D eigenvalue weighted by Gasteiger charge is 2.17. The summed E-state index contributed by atoms with van der Waals surface area (Å²) in [6, 6.07) is 21.4. The summed E-state index contributed by atoms with van der Waals surface area (Å²) in [5, 5.41) is 2.61. The predicted octanol–water partition coefficient (Wildman–Crippen LogP) is 3.19. The highest BCUT2D eigenvalue weighted by molar-refractivity contribution is 7.89. The Labute approximate surface area is 181 Å². The molecule has 160 valence electrons. The highest BCUT2D eigenvalue weighted by Crippen LogP contribution is 2.19. The van der Waals surface area contributed by atoms with Crippen LogP contribution in [0.5, 0.6) is 5.75 Å². The molecule has 0 aliphatic carbocycles. The zero-order valence-corrected chi connectivity index (χ0v) is 17.9. The van der Waals surface area contributed by atoms with Crippen LogP contribution < -0.4 is 10.1 Å². The molecular weight excluding hydrogens is 416 g/mol. The minimum Gasteiger partial charge on any atom is -0.484 e. The van der Waals surface area contributed by atoms with Gasteiger partial charge in [-0.05, 0) is 42.5 Å². The lowest BCUT2D eigenvalue weighted by atomic mass is 10.0. The molecule has 0 saturated carbocycles. The van der Waals surface area contributed by atoms with E-state index in [0.717, 1.165) is 4.31 Å². The van der Waals surface area contributed by atoms with Gasteiger partial charge in [-0.2, -0.15) is 0 Å². The Hall–Kier alpha value is -3.49. The van der Waals surface area contributed by atoms with Gasteiger partial charge < -0.3 is 10.1 Å². The quantitative estimate of drug-likeness (QED) is 0.545. The van der Waals surface area contributed by atoms with Crippen LogP contribution in [0, 0.1) is 0 Å². The SMILES string of the molecule is CN(C)S(=O)(=O)c1cccc(NC(=O)COc2ccc(C(=O)c3ccccc3)cc2)c1. The number of hydrogen-bond donors (Lipinski definition) is 1. The number of carbonyl (C=O) groups is 2. The number of ketones is 1. The number of anilines is 1. The van der Waals surface area contributed by atoms with Gasteiger partial charge in [-0.25, -0.2) is 12.7 Å². The van der Waals surface area contributed by atoms with Gasteiger partial charge in [-0.15, -0.1) is 0 Å². The molecule has 3 aromatic rings. The lowest BCUT2D eigenvalue weighted by Gasteiger charge is -2.13. The van der Waals surface area contributed by atoms with Crippen molar-refractivity contribution in [2.45, 2.75) is 4.90 Å². The first kappa shape index (κ1) is 22.2. The highest BCUT2D eigenvalue weighted by atomic mass is 32.2. The van der Waals surface area contributed by atoms with Gasteiger partial charge >= 0.3 is 0 Å². The molecule has 0 spiro atoms. The van der Waals surface area contributed by atoms with E-state index < -0.39 is 15.9 Å². The maximum Gasteiger partial charge on any atom is 0.262 e. The van der Waals surface area contributed by atoms with Crippen molar-refractivity contribution in [2.24, 2.45) is 0 Å². The van der Waals surface area contributed by atoms with Gasteiger partial charge in [0.05, 0.1) is 4.90 Å². The predicted molar refractivity (Wildman–Crippen MR) is 118 cm³/mol. The molecule has 0 heterocycles. The van der Waals surface area contributed by atoms with Crippen LogP contribution in [0.1, 0.15) is 15.9 Å². The molecule has 31 heavy (non-hydrogen) atoms. The van der Waals surface area contributed by atoms with Crippen molar-refractivity contribution >= 4 is 27.4 Å². The van der Waals surface area contributed by atoms with E-state index in [4.69, 9.17) is 4.74 Å². The van der Waals surface area contributed by atoms with E-state index in [-0.39, 0.29) is 17.3 Å². The number of carbonyl (C=O) groups excluding carboxylic acids is 2. The van der Waals surface area contributed by atoms with E-state index in [1.165, 1.54) is 26.2 Å². The fraction of sp³-hybridized carbons (Fsp3) is 0.130. The zero-order chi connectivity index (χ0) is 22.4. The van der Waals surface area contributed by atoms with Gasteiger partial charge in [-0.3, -0.25) is 9.59 Å².